The number of aromatic nitrogens is 4. The zero-order chi connectivity index (χ0) is 20.0. The fourth-order valence-corrected chi connectivity index (χ4v) is 3.68. The molecule has 0 unspecified atom stereocenters. The minimum atomic E-state index is -0.0465. The van der Waals surface area contributed by atoms with Crippen LogP contribution in [-0.4, -0.2) is 25.7 Å². The van der Waals surface area contributed by atoms with Crippen LogP contribution in [0.1, 0.15) is 45.6 Å². The topological polar surface area (TPSA) is 74.4 Å². The number of ketones is 1. The molecule has 0 radical (unpaired) electrons. The maximum Gasteiger partial charge on any atom is 0.164 e. The van der Waals surface area contributed by atoms with E-state index in [0.717, 1.165) is 44.7 Å². The minimum absolute atomic E-state index is 0.0465. The number of nitrogens with zero attached hydrogens (tertiary/aromatic N) is 2. The highest BCUT2D eigenvalue weighted by atomic mass is 16.1. The number of rotatable bonds is 2. The average molecular weight is 378 g/mol. The summed E-state index contributed by atoms with van der Waals surface area (Å²) in [5.74, 6) is -0.0465. The van der Waals surface area contributed by atoms with Gasteiger partial charge in [-0.05, 0) is 67.6 Å². The first-order chi connectivity index (χ1) is 14.1. The lowest BCUT2D eigenvalue weighted by molar-refractivity contribution is 0.101. The molecule has 2 aliphatic heterocycles. The Morgan fingerprint density at radius 3 is 2.14 bits per heavy atom. The number of fused-ring (bicyclic) bond motifs is 8. The van der Waals surface area contributed by atoms with Gasteiger partial charge in [0.15, 0.2) is 5.78 Å². The van der Waals surface area contributed by atoms with Gasteiger partial charge in [-0.1, -0.05) is 12.7 Å². The van der Waals surface area contributed by atoms with Gasteiger partial charge in [-0.15, -0.1) is 0 Å². The van der Waals surface area contributed by atoms with E-state index in [1.165, 1.54) is 0 Å². The quantitative estimate of drug-likeness (QED) is 0.398. The van der Waals surface area contributed by atoms with Crippen LogP contribution in [0.25, 0.3) is 52.4 Å². The molecule has 5 heteroatoms. The van der Waals surface area contributed by atoms with E-state index in [1.54, 1.807) is 13.0 Å². The maximum absolute atomic E-state index is 12.4. The number of aromatic amines is 2. The molecule has 3 aromatic rings. The average Bonchev–Trinajstić information content (AvgIpc) is 3.46. The lowest BCUT2D eigenvalue weighted by Gasteiger charge is -1.98. The standard InChI is InChI=1S/C24H18N4O/c1-3-19-20-8-6-17(26-20)12-15-4-5-16(25-15)13-18-7-9-22(27-18)24(14(2)29)23-11-10-21(19)28-23/h3-13,26-27H,1H2,2H3. The molecular formula is C24H18N4O. The minimum Gasteiger partial charge on any atom is -0.355 e. The third kappa shape index (κ3) is 3.02. The molecule has 0 fully saturated rings. The van der Waals surface area contributed by atoms with Crippen molar-refractivity contribution in [2.45, 2.75) is 6.92 Å². The third-order valence-electron chi connectivity index (χ3n) is 4.99. The third-order valence-corrected chi connectivity index (χ3v) is 4.99. The van der Waals surface area contributed by atoms with Crippen molar-refractivity contribution in [1.29, 1.82) is 0 Å². The van der Waals surface area contributed by atoms with Crippen LogP contribution in [-0.2, 0) is 0 Å². The second-order valence-electron chi connectivity index (χ2n) is 7.00. The molecule has 5 nitrogen and oxygen atoms in total. The van der Waals surface area contributed by atoms with Gasteiger partial charge in [0.25, 0.3) is 0 Å². The van der Waals surface area contributed by atoms with E-state index in [1.807, 2.05) is 60.7 Å². The highest BCUT2D eigenvalue weighted by Gasteiger charge is 2.13. The van der Waals surface area contributed by atoms with Gasteiger partial charge < -0.3 is 9.97 Å². The van der Waals surface area contributed by atoms with E-state index in [9.17, 15) is 4.79 Å². The Bertz CT molecular complexity index is 1400. The second-order valence-corrected chi connectivity index (χ2v) is 7.00. The maximum atomic E-state index is 12.4. The van der Waals surface area contributed by atoms with Crippen LogP contribution in [0.2, 0.25) is 0 Å². The Morgan fingerprint density at radius 1 is 0.862 bits per heavy atom. The molecule has 2 aliphatic rings. The summed E-state index contributed by atoms with van der Waals surface area (Å²) in [6, 6.07) is 11.8. The molecule has 5 rings (SSSR count). The smallest absolute Gasteiger partial charge is 0.164 e. The van der Waals surface area contributed by atoms with Crippen LogP contribution in [0, 0.1) is 0 Å². The van der Waals surface area contributed by atoms with Crippen molar-refractivity contribution in [2.75, 3.05) is 0 Å². The molecule has 0 aliphatic carbocycles. The van der Waals surface area contributed by atoms with Crippen LogP contribution in [0.4, 0.5) is 0 Å². The number of H-pyrrole nitrogens is 2. The van der Waals surface area contributed by atoms with Gasteiger partial charge in [0, 0.05) is 22.1 Å². The first-order valence-corrected chi connectivity index (χ1v) is 9.34. The molecule has 0 saturated heterocycles. The molecule has 0 atom stereocenters. The number of carbonyl (C=O) groups is 1. The summed E-state index contributed by atoms with van der Waals surface area (Å²) in [5, 5.41) is 0. The zero-order valence-electron chi connectivity index (χ0n) is 15.9. The van der Waals surface area contributed by atoms with Crippen molar-refractivity contribution in [1.82, 2.24) is 19.9 Å². The highest BCUT2D eigenvalue weighted by molar-refractivity contribution is 6.05. The van der Waals surface area contributed by atoms with Gasteiger partial charge >= 0.3 is 0 Å². The summed E-state index contributed by atoms with van der Waals surface area (Å²) in [6.07, 6.45) is 9.51. The summed E-state index contributed by atoms with van der Waals surface area (Å²) < 4.78 is 0. The fourth-order valence-electron chi connectivity index (χ4n) is 3.68. The predicted molar refractivity (Wildman–Crippen MR) is 119 cm³/mol. The van der Waals surface area contributed by atoms with Crippen molar-refractivity contribution in [2.24, 2.45) is 0 Å². The van der Waals surface area contributed by atoms with E-state index in [-0.39, 0.29) is 5.78 Å². The van der Waals surface area contributed by atoms with Gasteiger partial charge in [-0.25, -0.2) is 9.97 Å². The summed E-state index contributed by atoms with van der Waals surface area (Å²) in [4.78, 5) is 28.5. The van der Waals surface area contributed by atoms with Gasteiger partial charge in [0.05, 0.1) is 33.9 Å². The van der Waals surface area contributed by atoms with Crippen LogP contribution < -0.4 is 0 Å². The van der Waals surface area contributed by atoms with Crippen molar-refractivity contribution in [3.63, 3.8) is 0 Å². The van der Waals surface area contributed by atoms with Crippen molar-refractivity contribution in [3.8, 4) is 0 Å². The molecule has 2 N–H and O–H groups in total. The normalized spacial score (nSPS) is 12.3. The number of hydrogen-bond acceptors (Lipinski definition) is 3. The SMILES string of the molecule is C=Cc1c2nc(c(C(C)=O)c3ccc(cc4nc(cc5ccc1[nH]5)C=C4)[nH]3)C=C2. The first-order valence-electron chi connectivity index (χ1n) is 9.34. The van der Waals surface area contributed by atoms with Gasteiger partial charge in [-0.3, -0.25) is 4.79 Å². The summed E-state index contributed by atoms with van der Waals surface area (Å²) in [7, 11) is 0. The lowest BCUT2D eigenvalue weighted by atomic mass is 10.1. The molecular weight excluding hydrogens is 360 g/mol. The molecule has 0 spiro atoms. The van der Waals surface area contributed by atoms with Gasteiger partial charge in [0.2, 0.25) is 0 Å². The Hall–Kier alpha value is -3.99. The van der Waals surface area contributed by atoms with Crippen molar-refractivity contribution < 1.29 is 4.79 Å². The number of hydrogen-bond donors (Lipinski definition) is 2. The largest absolute Gasteiger partial charge is 0.355 e. The number of nitrogens with one attached hydrogen (secondary N) is 2. The van der Waals surface area contributed by atoms with Crippen molar-refractivity contribution in [3.05, 3.63) is 76.9 Å². The molecule has 3 aromatic heterocycles. The molecule has 0 aromatic carbocycles. The second kappa shape index (κ2) is 6.56. The van der Waals surface area contributed by atoms with E-state index < -0.39 is 0 Å². The van der Waals surface area contributed by atoms with Crippen LogP contribution in [0.3, 0.4) is 0 Å². The zero-order valence-corrected chi connectivity index (χ0v) is 15.9. The molecule has 0 amide bonds. The van der Waals surface area contributed by atoms with Crippen molar-refractivity contribution >= 4 is 58.2 Å². The van der Waals surface area contributed by atoms with Gasteiger partial charge in [-0.2, -0.15) is 0 Å². The fraction of sp³-hybridized carbons (Fsp3) is 0.0417. The first kappa shape index (κ1) is 17.1. The Balaban J connectivity index is 1.95. The van der Waals surface area contributed by atoms with E-state index in [0.29, 0.717) is 11.3 Å². The van der Waals surface area contributed by atoms with E-state index in [2.05, 4.69) is 21.5 Å². The van der Waals surface area contributed by atoms with E-state index >= 15 is 0 Å². The molecule has 0 saturated carbocycles. The monoisotopic (exact) mass is 378 g/mol. The molecule has 29 heavy (non-hydrogen) atoms. The molecule has 140 valence electrons. The Morgan fingerprint density at radius 2 is 1.48 bits per heavy atom. The van der Waals surface area contributed by atoms with Crippen LogP contribution in [0.5, 0.6) is 0 Å². The number of Topliss-reactive ketones (excluding diaryl/α,β-unsaturated/α-hetero) is 1. The number of carbonyl (C=O) groups excluding carboxylic acids is 1. The highest BCUT2D eigenvalue weighted by Crippen LogP contribution is 2.24. The Kier molecular flexibility index (Phi) is 3.88. The predicted octanol–water partition coefficient (Wildman–Crippen LogP) is 5.50. The summed E-state index contributed by atoms with van der Waals surface area (Å²) in [6.45, 7) is 5.51. The van der Waals surface area contributed by atoms with E-state index in [4.69, 9.17) is 4.98 Å². The van der Waals surface area contributed by atoms with Gasteiger partial charge in [0.1, 0.15) is 0 Å². The molecule has 8 bridgehead atoms. The van der Waals surface area contributed by atoms with Crippen LogP contribution in [0.15, 0.2) is 43.0 Å². The molecule has 5 heterocycles. The Labute approximate surface area is 167 Å². The lowest BCUT2D eigenvalue weighted by Crippen LogP contribution is -1.97. The summed E-state index contributed by atoms with van der Waals surface area (Å²) in [5.41, 5.74) is 8.03. The summed E-state index contributed by atoms with van der Waals surface area (Å²) >= 11 is 0. The van der Waals surface area contributed by atoms with Crippen LogP contribution >= 0.6 is 0 Å².